The standard InChI is InChI=1S/C7H11BrO/c1-4-7(5-2)9-6(3)8/h1,6-7H,5H2,2-3H3. The minimum absolute atomic E-state index is 0.0422. The summed E-state index contributed by atoms with van der Waals surface area (Å²) in [6.07, 6.45) is 5.96. The van der Waals surface area contributed by atoms with Crippen LogP contribution in [0.15, 0.2) is 0 Å². The van der Waals surface area contributed by atoms with Crippen LogP contribution in [0.2, 0.25) is 0 Å². The van der Waals surface area contributed by atoms with Gasteiger partial charge < -0.3 is 4.74 Å². The second-order valence-corrected chi connectivity index (χ2v) is 3.03. The largest absolute Gasteiger partial charge is 0.351 e. The van der Waals surface area contributed by atoms with Crippen LogP contribution in [0, 0.1) is 12.3 Å². The van der Waals surface area contributed by atoms with E-state index in [0.29, 0.717) is 0 Å². The van der Waals surface area contributed by atoms with Crippen molar-refractivity contribution in [2.45, 2.75) is 31.4 Å². The van der Waals surface area contributed by atoms with Gasteiger partial charge in [0.25, 0.3) is 0 Å². The predicted octanol–water partition coefficient (Wildman–Crippen LogP) is 2.16. The Hall–Kier alpha value is 0. The van der Waals surface area contributed by atoms with E-state index < -0.39 is 0 Å². The summed E-state index contributed by atoms with van der Waals surface area (Å²) in [5.41, 5.74) is 0. The third-order valence-electron chi connectivity index (χ3n) is 0.908. The summed E-state index contributed by atoms with van der Waals surface area (Å²) in [5, 5.41) is 0.0542. The van der Waals surface area contributed by atoms with E-state index in [-0.39, 0.29) is 11.1 Å². The molecule has 2 atom stereocenters. The molecule has 0 aliphatic heterocycles. The average molecular weight is 191 g/mol. The average Bonchev–Trinajstić information content (AvgIpc) is 1.82. The molecule has 0 saturated heterocycles. The van der Waals surface area contributed by atoms with Crippen LogP contribution >= 0.6 is 15.9 Å². The molecule has 1 nitrogen and oxygen atoms in total. The van der Waals surface area contributed by atoms with Crippen LogP contribution in [0.3, 0.4) is 0 Å². The lowest BCUT2D eigenvalue weighted by Crippen LogP contribution is -2.12. The first-order valence-electron chi connectivity index (χ1n) is 2.96. The molecule has 2 heteroatoms. The minimum Gasteiger partial charge on any atom is -0.351 e. The molecule has 0 rings (SSSR count). The zero-order valence-electron chi connectivity index (χ0n) is 5.73. The number of terminal acetylenes is 1. The molecule has 2 unspecified atom stereocenters. The maximum atomic E-state index is 5.23. The van der Waals surface area contributed by atoms with E-state index in [0.717, 1.165) is 6.42 Å². The van der Waals surface area contributed by atoms with Crippen molar-refractivity contribution in [1.82, 2.24) is 0 Å². The molecule has 0 aliphatic rings. The van der Waals surface area contributed by atoms with Crippen molar-refractivity contribution < 1.29 is 4.74 Å². The topological polar surface area (TPSA) is 9.23 Å². The second-order valence-electron chi connectivity index (χ2n) is 1.74. The SMILES string of the molecule is C#CC(CC)OC(C)Br. The fourth-order valence-corrected chi connectivity index (χ4v) is 0.740. The van der Waals surface area contributed by atoms with Gasteiger partial charge in [0.2, 0.25) is 0 Å². The molecular formula is C7H11BrO. The molecular weight excluding hydrogens is 180 g/mol. The van der Waals surface area contributed by atoms with Crippen molar-refractivity contribution in [2.75, 3.05) is 0 Å². The Bertz CT molecular complexity index is 104. The van der Waals surface area contributed by atoms with Crippen LogP contribution < -0.4 is 0 Å². The van der Waals surface area contributed by atoms with Gasteiger partial charge in [0.15, 0.2) is 0 Å². The van der Waals surface area contributed by atoms with Gasteiger partial charge in [-0.3, -0.25) is 0 Å². The molecule has 0 heterocycles. The molecule has 0 saturated carbocycles. The van der Waals surface area contributed by atoms with Crippen molar-refractivity contribution >= 4 is 15.9 Å². The van der Waals surface area contributed by atoms with Gasteiger partial charge in [0.05, 0.1) is 0 Å². The van der Waals surface area contributed by atoms with Crippen LogP contribution in [-0.4, -0.2) is 11.1 Å². The van der Waals surface area contributed by atoms with Crippen molar-refractivity contribution in [1.29, 1.82) is 0 Å². The number of rotatable bonds is 3. The molecule has 0 radical (unpaired) electrons. The Morgan fingerprint density at radius 1 is 1.78 bits per heavy atom. The summed E-state index contributed by atoms with van der Waals surface area (Å²) in [6, 6.07) is 0. The summed E-state index contributed by atoms with van der Waals surface area (Å²) in [6.45, 7) is 3.90. The van der Waals surface area contributed by atoms with E-state index in [4.69, 9.17) is 11.2 Å². The van der Waals surface area contributed by atoms with Crippen LogP contribution in [0.4, 0.5) is 0 Å². The monoisotopic (exact) mass is 190 g/mol. The van der Waals surface area contributed by atoms with Gasteiger partial charge in [-0.05, 0) is 13.3 Å². The summed E-state index contributed by atoms with van der Waals surface area (Å²) >= 11 is 3.24. The first-order chi connectivity index (χ1) is 4.20. The molecule has 0 aliphatic carbocycles. The first kappa shape index (κ1) is 9.00. The van der Waals surface area contributed by atoms with E-state index >= 15 is 0 Å². The third-order valence-corrected chi connectivity index (χ3v) is 1.12. The third kappa shape index (κ3) is 4.50. The van der Waals surface area contributed by atoms with Crippen molar-refractivity contribution in [3.63, 3.8) is 0 Å². The Morgan fingerprint density at radius 2 is 2.33 bits per heavy atom. The molecule has 0 aromatic carbocycles. The highest BCUT2D eigenvalue weighted by Crippen LogP contribution is 2.05. The minimum atomic E-state index is -0.0422. The highest BCUT2D eigenvalue weighted by Gasteiger charge is 2.03. The highest BCUT2D eigenvalue weighted by atomic mass is 79.9. The van der Waals surface area contributed by atoms with Crippen LogP contribution in [0.1, 0.15) is 20.3 Å². The molecule has 0 amide bonds. The lowest BCUT2D eigenvalue weighted by Gasteiger charge is -2.10. The van der Waals surface area contributed by atoms with Gasteiger partial charge in [-0.25, -0.2) is 0 Å². The number of halogens is 1. The fourth-order valence-electron chi connectivity index (χ4n) is 0.480. The Kier molecular flexibility index (Phi) is 4.84. The quantitative estimate of drug-likeness (QED) is 0.490. The van der Waals surface area contributed by atoms with Gasteiger partial charge in [-0.15, -0.1) is 6.42 Å². The highest BCUT2D eigenvalue weighted by molar-refractivity contribution is 9.09. The van der Waals surface area contributed by atoms with E-state index in [2.05, 4.69) is 21.9 Å². The van der Waals surface area contributed by atoms with Crippen LogP contribution in [0.25, 0.3) is 0 Å². The lowest BCUT2D eigenvalue weighted by molar-refractivity contribution is 0.0832. The van der Waals surface area contributed by atoms with Crippen LogP contribution in [0.5, 0.6) is 0 Å². The lowest BCUT2D eigenvalue weighted by atomic mass is 10.3. The number of hydrogen-bond donors (Lipinski definition) is 0. The van der Waals surface area contributed by atoms with Gasteiger partial charge in [0, 0.05) is 0 Å². The fraction of sp³-hybridized carbons (Fsp3) is 0.714. The Balaban J connectivity index is 3.47. The van der Waals surface area contributed by atoms with E-state index in [9.17, 15) is 0 Å². The Labute approximate surface area is 64.9 Å². The summed E-state index contributed by atoms with van der Waals surface area (Å²) in [5.74, 6) is 2.53. The number of hydrogen-bond acceptors (Lipinski definition) is 1. The van der Waals surface area contributed by atoms with Gasteiger partial charge in [-0.2, -0.15) is 0 Å². The molecule has 0 N–H and O–H groups in total. The maximum absolute atomic E-state index is 5.23. The predicted molar refractivity (Wildman–Crippen MR) is 42.4 cm³/mol. The first-order valence-corrected chi connectivity index (χ1v) is 3.88. The van der Waals surface area contributed by atoms with Crippen molar-refractivity contribution in [3.05, 3.63) is 0 Å². The molecule has 0 fully saturated rings. The summed E-state index contributed by atoms with van der Waals surface area (Å²) in [4.78, 5) is 0. The van der Waals surface area contributed by atoms with E-state index in [1.54, 1.807) is 0 Å². The van der Waals surface area contributed by atoms with Gasteiger partial charge >= 0.3 is 0 Å². The molecule has 0 aromatic heterocycles. The maximum Gasteiger partial charge on any atom is 0.119 e. The van der Waals surface area contributed by atoms with Crippen LogP contribution in [-0.2, 0) is 4.74 Å². The van der Waals surface area contributed by atoms with Crippen molar-refractivity contribution in [2.24, 2.45) is 0 Å². The van der Waals surface area contributed by atoms with E-state index in [1.807, 2.05) is 13.8 Å². The zero-order valence-corrected chi connectivity index (χ0v) is 7.31. The number of ether oxygens (including phenoxy) is 1. The normalized spacial score (nSPS) is 16.2. The smallest absolute Gasteiger partial charge is 0.119 e. The molecule has 52 valence electrons. The van der Waals surface area contributed by atoms with Gasteiger partial charge in [-0.1, -0.05) is 28.8 Å². The second kappa shape index (κ2) is 4.84. The number of alkyl halides is 1. The molecule has 0 bridgehead atoms. The molecule has 0 spiro atoms. The van der Waals surface area contributed by atoms with E-state index in [1.165, 1.54) is 0 Å². The van der Waals surface area contributed by atoms with Gasteiger partial charge in [0.1, 0.15) is 11.1 Å². The summed E-state index contributed by atoms with van der Waals surface area (Å²) < 4.78 is 5.23. The summed E-state index contributed by atoms with van der Waals surface area (Å²) in [7, 11) is 0. The van der Waals surface area contributed by atoms with Crippen molar-refractivity contribution in [3.8, 4) is 12.3 Å². The molecule has 0 aromatic rings. The Morgan fingerprint density at radius 3 is 2.44 bits per heavy atom. The zero-order chi connectivity index (χ0) is 7.28. The molecule has 9 heavy (non-hydrogen) atoms.